The minimum atomic E-state index is -0.394. The van der Waals surface area contributed by atoms with Crippen molar-refractivity contribution < 1.29 is 5.11 Å². The Morgan fingerprint density at radius 1 is 0.960 bits per heavy atom. The molecule has 2 heterocycles. The first kappa shape index (κ1) is 15.8. The van der Waals surface area contributed by atoms with Crippen LogP contribution in [0.3, 0.4) is 0 Å². The zero-order valence-electron chi connectivity index (χ0n) is 14.0. The van der Waals surface area contributed by atoms with Crippen molar-refractivity contribution in [1.82, 2.24) is 14.5 Å². The van der Waals surface area contributed by atoms with Crippen LogP contribution in [0.1, 0.15) is 18.4 Å². The van der Waals surface area contributed by atoms with Gasteiger partial charge in [-0.25, -0.2) is 9.97 Å². The Morgan fingerprint density at radius 3 is 2.80 bits per heavy atom. The second kappa shape index (κ2) is 7.03. The fourth-order valence-electron chi connectivity index (χ4n) is 3.39. The van der Waals surface area contributed by atoms with E-state index < -0.39 is 6.10 Å². The maximum atomic E-state index is 10.4. The molecule has 0 aliphatic carbocycles. The van der Waals surface area contributed by atoms with E-state index in [9.17, 15) is 5.11 Å². The summed E-state index contributed by atoms with van der Waals surface area (Å²) < 4.78 is 1.93. The molecule has 4 aromatic rings. The number of hydrogen-bond donors (Lipinski definition) is 1. The van der Waals surface area contributed by atoms with Crippen LogP contribution in [0.25, 0.3) is 21.9 Å². The lowest BCUT2D eigenvalue weighted by molar-refractivity contribution is 0.143. The first-order chi connectivity index (χ1) is 12.3. The smallest absolute Gasteiger partial charge is 0.159 e. The first-order valence-corrected chi connectivity index (χ1v) is 8.72. The Bertz CT molecular complexity index is 987. The monoisotopic (exact) mass is 331 g/mol. The summed E-state index contributed by atoms with van der Waals surface area (Å²) in [5.74, 6) is 0. The van der Waals surface area contributed by atoms with Gasteiger partial charge < -0.3 is 9.67 Å². The van der Waals surface area contributed by atoms with Crippen molar-refractivity contribution in [3.8, 4) is 0 Å². The molecule has 25 heavy (non-hydrogen) atoms. The summed E-state index contributed by atoms with van der Waals surface area (Å²) in [4.78, 5) is 8.67. The number of aryl methyl sites for hydroxylation is 1. The van der Waals surface area contributed by atoms with Gasteiger partial charge in [-0.2, -0.15) is 0 Å². The second-order valence-electron chi connectivity index (χ2n) is 6.43. The summed E-state index contributed by atoms with van der Waals surface area (Å²) in [5, 5.41) is 13.0. The molecule has 0 spiro atoms. The minimum absolute atomic E-state index is 0.394. The van der Waals surface area contributed by atoms with Crippen molar-refractivity contribution in [2.45, 2.75) is 31.9 Å². The van der Waals surface area contributed by atoms with Crippen molar-refractivity contribution in [3.63, 3.8) is 0 Å². The molecule has 1 atom stereocenters. The molecule has 2 aromatic carbocycles. The Hall–Kier alpha value is -2.72. The van der Waals surface area contributed by atoms with Crippen LogP contribution in [-0.2, 0) is 13.0 Å². The van der Waals surface area contributed by atoms with E-state index in [1.807, 2.05) is 16.7 Å². The molecule has 0 saturated carbocycles. The molecule has 4 rings (SSSR count). The number of imidazole rings is 1. The van der Waals surface area contributed by atoms with Gasteiger partial charge in [0.2, 0.25) is 0 Å². The number of aliphatic hydroxyl groups excluding tert-OH is 1. The van der Waals surface area contributed by atoms with E-state index >= 15 is 0 Å². The Morgan fingerprint density at radius 2 is 1.84 bits per heavy atom. The fraction of sp³-hybridized carbons (Fsp3) is 0.238. The molecule has 4 heteroatoms. The van der Waals surface area contributed by atoms with E-state index in [1.54, 1.807) is 12.5 Å². The Balaban J connectivity index is 1.38. The van der Waals surface area contributed by atoms with Crippen LogP contribution in [0.15, 0.2) is 67.1 Å². The maximum Gasteiger partial charge on any atom is 0.159 e. The van der Waals surface area contributed by atoms with Crippen LogP contribution in [0.5, 0.6) is 0 Å². The van der Waals surface area contributed by atoms with E-state index in [0.29, 0.717) is 6.54 Å². The third-order valence-electron chi connectivity index (χ3n) is 4.65. The van der Waals surface area contributed by atoms with Gasteiger partial charge in [0.05, 0.1) is 19.0 Å². The third kappa shape index (κ3) is 3.39. The largest absolute Gasteiger partial charge is 0.391 e. The topological polar surface area (TPSA) is 50.9 Å². The SMILES string of the molecule is O[C@@H](CCCc1cccc2ccccc12)Cn1cnc2cccnc21. The third-order valence-corrected chi connectivity index (χ3v) is 4.65. The molecule has 0 saturated heterocycles. The summed E-state index contributed by atoms with van der Waals surface area (Å²) in [5.41, 5.74) is 3.04. The van der Waals surface area contributed by atoms with E-state index in [2.05, 4.69) is 52.4 Å². The molecular weight excluding hydrogens is 310 g/mol. The fourth-order valence-corrected chi connectivity index (χ4v) is 3.39. The van der Waals surface area contributed by atoms with Crippen LogP contribution in [0, 0.1) is 0 Å². The number of aromatic nitrogens is 3. The number of hydrogen-bond acceptors (Lipinski definition) is 3. The first-order valence-electron chi connectivity index (χ1n) is 8.72. The lowest BCUT2D eigenvalue weighted by Gasteiger charge is -2.12. The van der Waals surface area contributed by atoms with E-state index in [0.717, 1.165) is 30.4 Å². The number of nitrogens with zero attached hydrogens (tertiary/aromatic N) is 3. The highest BCUT2D eigenvalue weighted by Gasteiger charge is 2.10. The molecular formula is C21H21N3O. The van der Waals surface area contributed by atoms with Gasteiger partial charge in [0.25, 0.3) is 0 Å². The lowest BCUT2D eigenvalue weighted by atomic mass is 9.99. The molecule has 0 fully saturated rings. The number of rotatable bonds is 6. The number of pyridine rings is 1. The summed E-state index contributed by atoms with van der Waals surface area (Å²) >= 11 is 0. The van der Waals surface area contributed by atoms with Crippen LogP contribution in [-0.4, -0.2) is 25.7 Å². The van der Waals surface area contributed by atoms with Crippen molar-refractivity contribution in [1.29, 1.82) is 0 Å². The number of benzene rings is 2. The predicted molar refractivity (Wildman–Crippen MR) is 100 cm³/mol. The van der Waals surface area contributed by atoms with Gasteiger partial charge in [0.1, 0.15) is 5.52 Å². The average molecular weight is 331 g/mol. The van der Waals surface area contributed by atoms with E-state index in [4.69, 9.17) is 0 Å². The van der Waals surface area contributed by atoms with Gasteiger partial charge in [-0.3, -0.25) is 0 Å². The van der Waals surface area contributed by atoms with Gasteiger partial charge >= 0.3 is 0 Å². The van der Waals surface area contributed by atoms with Crippen LogP contribution >= 0.6 is 0 Å². The second-order valence-corrected chi connectivity index (χ2v) is 6.43. The standard InChI is InChI=1S/C21H21N3O/c25-18(14-24-15-23-20-12-5-13-22-21(20)24)10-4-9-17-8-3-7-16-6-1-2-11-19(16)17/h1-3,5-8,11-13,15,18,25H,4,9-10,14H2/t18-/m0/s1. The quantitative estimate of drug-likeness (QED) is 0.582. The molecule has 4 nitrogen and oxygen atoms in total. The number of fused-ring (bicyclic) bond motifs is 2. The molecule has 0 unspecified atom stereocenters. The summed E-state index contributed by atoms with van der Waals surface area (Å²) in [7, 11) is 0. The average Bonchev–Trinajstić information content (AvgIpc) is 3.05. The lowest BCUT2D eigenvalue weighted by Crippen LogP contribution is -2.15. The molecule has 0 aliphatic rings. The van der Waals surface area contributed by atoms with Gasteiger partial charge in [-0.1, -0.05) is 42.5 Å². The molecule has 0 aliphatic heterocycles. The van der Waals surface area contributed by atoms with E-state index in [-0.39, 0.29) is 0 Å². The molecule has 2 aromatic heterocycles. The van der Waals surface area contributed by atoms with Crippen molar-refractivity contribution in [3.05, 3.63) is 72.7 Å². The van der Waals surface area contributed by atoms with Crippen molar-refractivity contribution in [2.24, 2.45) is 0 Å². The highest BCUT2D eigenvalue weighted by Crippen LogP contribution is 2.20. The molecule has 0 bridgehead atoms. The summed E-state index contributed by atoms with van der Waals surface area (Å²) in [6.07, 6.45) is 5.81. The predicted octanol–water partition coefficient (Wildman–Crippen LogP) is 3.97. The molecule has 126 valence electrons. The normalized spacial score (nSPS) is 12.7. The van der Waals surface area contributed by atoms with Crippen LogP contribution in [0.4, 0.5) is 0 Å². The maximum absolute atomic E-state index is 10.4. The molecule has 0 amide bonds. The zero-order valence-corrected chi connectivity index (χ0v) is 14.0. The zero-order chi connectivity index (χ0) is 17.1. The minimum Gasteiger partial charge on any atom is -0.391 e. The van der Waals surface area contributed by atoms with Gasteiger partial charge in [0.15, 0.2) is 5.65 Å². The van der Waals surface area contributed by atoms with Gasteiger partial charge in [0, 0.05) is 6.20 Å². The molecule has 1 N–H and O–H groups in total. The Kier molecular flexibility index (Phi) is 4.44. The van der Waals surface area contributed by atoms with Gasteiger partial charge in [-0.05, 0) is 47.7 Å². The van der Waals surface area contributed by atoms with Crippen LogP contribution < -0.4 is 0 Å². The van der Waals surface area contributed by atoms with E-state index in [1.165, 1.54) is 16.3 Å². The molecule has 0 radical (unpaired) electrons. The summed E-state index contributed by atoms with van der Waals surface area (Å²) in [6, 6.07) is 18.7. The van der Waals surface area contributed by atoms with Crippen molar-refractivity contribution >= 4 is 21.9 Å². The summed E-state index contributed by atoms with van der Waals surface area (Å²) in [6.45, 7) is 0.531. The highest BCUT2D eigenvalue weighted by atomic mass is 16.3. The Labute approximate surface area is 146 Å². The van der Waals surface area contributed by atoms with Crippen LogP contribution in [0.2, 0.25) is 0 Å². The highest BCUT2D eigenvalue weighted by molar-refractivity contribution is 5.85. The number of aliphatic hydroxyl groups is 1. The van der Waals surface area contributed by atoms with Gasteiger partial charge in [-0.15, -0.1) is 0 Å². The van der Waals surface area contributed by atoms with Crippen molar-refractivity contribution in [2.75, 3.05) is 0 Å².